The van der Waals surface area contributed by atoms with Crippen molar-refractivity contribution in [1.82, 2.24) is 9.88 Å². The summed E-state index contributed by atoms with van der Waals surface area (Å²) in [5, 5.41) is 24.2. The molecule has 2 N–H and O–H groups in total. The fourth-order valence-corrected chi connectivity index (χ4v) is 4.61. The molecule has 1 amide bonds. The van der Waals surface area contributed by atoms with Gasteiger partial charge in [-0.15, -0.1) is 0 Å². The first-order valence-corrected chi connectivity index (χ1v) is 8.53. The van der Waals surface area contributed by atoms with Crippen LogP contribution < -0.4 is 5.32 Å². The van der Waals surface area contributed by atoms with Gasteiger partial charge in [-0.3, -0.25) is 20.0 Å². The molecule has 2 aliphatic heterocycles. The van der Waals surface area contributed by atoms with Gasteiger partial charge in [0.05, 0.1) is 10.5 Å². The van der Waals surface area contributed by atoms with E-state index in [0.717, 1.165) is 12.8 Å². The van der Waals surface area contributed by atoms with Gasteiger partial charge in [0.15, 0.2) is 0 Å². The van der Waals surface area contributed by atoms with Gasteiger partial charge < -0.3 is 10.4 Å². The lowest BCUT2D eigenvalue weighted by atomic mass is 9.67. The van der Waals surface area contributed by atoms with Crippen molar-refractivity contribution >= 4 is 17.5 Å². The molecule has 0 saturated carbocycles. The summed E-state index contributed by atoms with van der Waals surface area (Å²) in [5.41, 5.74) is -0.288. The highest BCUT2D eigenvalue weighted by Gasteiger charge is 2.59. The number of anilines is 1. The van der Waals surface area contributed by atoms with Gasteiger partial charge in [-0.25, -0.2) is 4.79 Å². The topological polar surface area (TPSA) is 109 Å². The van der Waals surface area contributed by atoms with E-state index in [1.807, 2.05) is 0 Å². The van der Waals surface area contributed by atoms with Gasteiger partial charge in [-0.05, 0) is 37.2 Å². The van der Waals surface area contributed by atoms with E-state index in [4.69, 9.17) is 0 Å². The smallest absolute Gasteiger partial charge is 0.408 e. The molecule has 1 aromatic heterocycles. The van der Waals surface area contributed by atoms with Crippen LogP contribution in [0.3, 0.4) is 0 Å². The van der Waals surface area contributed by atoms with Gasteiger partial charge in [-0.2, -0.15) is 0 Å². The second-order valence-electron chi connectivity index (χ2n) is 8.06. The van der Waals surface area contributed by atoms with Crippen molar-refractivity contribution in [2.45, 2.75) is 64.1 Å². The van der Waals surface area contributed by atoms with Crippen molar-refractivity contribution in [3.8, 4) is 0 Å². The molecule has 0 spiro atoms. The van der Waals surface area contributed by atoms with Crippen LogP contribution in [0.25, 0.3) is 0 Å². The Morgan fingerprint density at radius 3 is 2.84 bits per heavy atom. The SMILES string of the molecule is CC(C)(C)[C@@]12CC[C@@H](C[C@@H](Nc3ccncc3[N+](=O)[O-])C1)N2C(=O)O. The Morgan fingerprint density at radius 1 is 1.52 bits per heavy atom. The highest BCUT2D eigenvalue weighted by atomic mass is 16.6. The van der Waals surface area contributed by atoms with Gasteiger partial charge in [0, 0.05) is 18.3 Å². The maximum absolute atomic E-state index is 11.9. The highest BCUT2D eigenvalue weighted by Crippen LogP contribution is 2.53. The molecule has 2 aliphatic rings. The van der Waals surface area contributed by atoms with Crippen LogP contribution in [0.2, 0.25) is 0 Å². The molecule has 3 atom stereocenters. The fraction of sp³-hybridized carbons (Fsp3) is 0.647. The molecule has 2 fully saturated rings. The van der Waals surface area contributed by atoms with E-state index >= 15 is 0 Å². The average molecular weight is 348 g/mol. The van der Waals surface area contributed by atoms with Crippen molar-refractivity contribution in [1.29, 1.82) is 0 Å². The van der Waals surface area contributed by atoms with Crippen molar-refractivity contribution in [2.75, 3.05) is 5.32 Å². The number of aromatic nitrogens is 1. The highest BCUT2D eigenvalue weighted by molar-refractivity contribution is 5.68. The Balaban J connectivity index is 1.90. The number of pyridine rings is 1. The van der Waals surface area contributed by atoms with E-state index in [1.165, 1.54) is 12.4 Å². The largest absolute Gasteiger partial charge is 0.465 e. The number of nitrogens with zero attached hydrogens (tertiary/aromatic N) is 3. The summed E-state index contributed by atoms with van der Waals surface area (Å²) in [6.07, 6.45) is 4.84. The molecule has 1 aromatic rings. The Hall–Kier alpha value is -2.38. The molecular weight excluding hydrogens is 324 g/mol. The average Bonchev–Trinajstić information content (AvgIpc) is 2.77. The molecule has 3 rings (SSSR count). The summed E-state index contributed by atoms with van der Waals surface area (Å²) < 4.78 is 0. The quantitative estimate of drug-likeness (QED) is 0.639. The minimum Gasteiger partial charge on any atom is -0.465 e. The van der Waals surface area contributed by atoms with Crippen LogP contribution in [-0.4, -0.2) is 43.6 Å². The lowest BCUT2D eigenvalue weighted by Crippen LogP contribution is -2.63. The molecule has 3 heterocycles. The lowest BCUT2D eigenvalue weighted by Gasteiger charge is -2.53. The number of amides is 1. The number of nitrogens with one attached hydrogen (secondary N) is 1. The van der Waals surface area contributed by atoms with Crippen molar-refractivity contribution < 1.29 is 14.8 Å². The number of hydrogen-bond donors (Lipinski definition) is 2. The summed E-state index contributed by atoms with van der Waals surface area (Å²) in [7, 11) is 0. The van der Waals surface area contributed by atoms with Gasteiger partial charge in [0.2, 0.25) is 0 Å². The second-order valence-corrected chi connectivity index (χ2v) is 8.06. The van der Waals surface area contributed by atoms with E-state index in [9.17, 15) is 20.0 Å². The summed E-state index contributed by atoms with van der Waals surface area (Å²) >= 11 is 0. The minimum atomic E-state index is -0.870. The van der Waals surface area contributed by atoms with Crippen LogP contribution >= 0.6 is 0 Å². The maximum Gasteiger partial charge on any atom is 0.408 e. The van der Waals surface area contributed by atoms with Crippen molar-refractivity contribution in [3.63, 3.8) is 0 Å². The van der Waals surface area contributed by atoms with Crippen molar-refractivity contribution in [2.24, 2.45) is 5.41 Å². The van der Waals surface area contributed by atoms with Crippen LogP contribution in [0.15, 0.2) is 18.5 Å². The molecule has 0 radical (unpaired) electrons. The zero-order chi connectivity index (χ0) is 18.4. The number of fused-ring (bicyclic) bond motifs is 2. The Bertz CT molecular complexity index is 702. The number of hydrogen-bond acceptors (Lipinski definition) is 5. The maximum atomic E-state index is 11.9. The predicted octanol–water partition coefficient (Wildman–Crippen LogP) is 3.49. The van der Waals surface area contributed by atoms with Crippen LogP contribution in [0.5, 0.6) is 0 Å². The molecule has 0 aliphatic carbocycles. The molecule has 2 saturated heterocycles. The summed E-state index contributed by atoms with van der Waals surface area (Å²) in [6, 6.07) is 1.54. The van der Waals surface area contributed by atoms with Crippen LogP contribution in [0.4, 0.5) is 16.2 Å². The Labute approximate surface area is 146 Å². The Kier molecular flexibility index (Phi) is 4.09. The molecular formula is C17H24N4O4. The normalized spacial score (nSPS) is 28.7. The molecule has 136 valence electrons. The van der Waals surface area contributed by atoms with E-state index in [0.29, 0.717) is 18.5 Å². The first-order valence-electron chi connectivity index (χ1n) is 8.53. The summed E-state index contributed by atoms with van der Waals surface area (Å²) in [4.78, 5) is 28.1. The Morgan fingerprint density at radius 2 is 2.24 bits per heavy atom. The molecule has 2 bridgehead atoms. The van der Waals surface area contributed by atoms with Gasteiger partial charge in [-0.1, -0.05) is 20.8 Å². The third-order valence-electron chi connectivity index (χ3n) is 5.82. The zero-order valence-corrected chi connectivity index (χ0v) is 14.7. The molecule has 25 heavy (non-hydrogen) atoms. The van der Waals surface area contributed by atoms with E-state index < -0.39 is 16.6 Å². The number of piperidine rings is 1. The minimum absolute atomic E-state index is 0.0107. The van der Waals surface area contributed by atoms with Crippen molar-refractivity contribution in [3.05, 3.63) is 28.6 Å². The predicted molar refractivity (Wildman–Crippen MR) is 92.6 cm³/mol. The molecule has 0 aromatic carbocycles. The van der Waals surface area contributed by atoms with Gasteiger partial charge in [0.1, 0.15) is 11.9 Å². The van der Waals surface area contributed by atoms with Gasteiger partial charge >= 0.3 is 11.8 Å². The molecule has 8 heteroatoms. The van der Waals surface area contributed by atoms with Gasteiger partial charge in [0.25, 0.3) is 0 Å². The monoisotopic (exact) mass is 348 g/mol. The fourth-order valence-electron chi connectivity index (χ4n) is 4.61. The number of carbonyl (C=O) groups is 1. The number of nitro groups is 1. The number of carboxylic acid groups (broad SMARTS) is 1. The molecule has 8 nitrogen and oxygen atoms in total. The summed E-state index contributed by atoms with van der Waals surface area (Å²) in [5.74, 6) is 0. The first kappa shape index (κ1) is 17.4. The second kappa shape index (κ2) is 5.86. The lowest BCUT2D eigenvalue weighted by molar-refractivity contribution is -0.384. The third kappa shape index (κ3) is 2.79. The van der Waals surface area contributed by atoms with Crippen LogP contribution in [-0.2, 0) is 0 Å². The van der Waals surface area contributed by atoms with Crippen LogP contribution in [0.1, 0.15) is 46.5 Å². The molecule has 0 unspecified atom stereocenters. The van der Waals surface area contributed by atoms with Crippen LogP contribution in [0, 0.1) is 15.5 Å². The summed E-state index contributed by atoms with van der Waals surface area (Å²) in [6.45, 7) is 6.22. The van der Waals surface area contributed by atoms with E-state index in [2.05, 4.69) is 31.1 Å². The zero-order valence-electron chi connectivity index (χ0n) is 14.7. The van der Waals surface area contributed by atoms with E-state index in [-0.39, 0.29) is 23.2 Å². The first-order chi connectivity index (χ1) is 11.7. The third-order valence-corrected chi connectivity index (χ3v) is 5.82. The number of rotatable bonds is 3. The standard InChI is InChI=1S/C17H24N4O4/c1-16(2,3)17-6-4-12(20(17)15(22)23)8-11(9-17)19-13-5-7-18-10-14(13)21(24)25/h5,7,10-12H,4,6,8-9H2,1-3H3,(H,18,19)(H,22,23)/t11-,12+,17-/m1/s1. The van der Waals surface area contributed by atoms with E-state index in [1.54, 1.807) is 11.0 Å².